The molecule has 3 heteroatoms. The van der Waals surface area contributed by atoms with E-state index in [1.807, 2.05) is 41.3 Å². The zero-order valence-corrected chi connectivity index (χ0v) is 12.6. The first kappa shape index (κ1) is 14.2. The van der Waals surface area contributed by atoms with Crippen LogP contribution in [-0.2, 0) is 11.3 Å². The van der Waals surface area contributed by atoms with Crippen molar-refractivity contribution < 1.29 is 4.79 Å². The molecule has 1 heterocycles. The summed E-state index contributed by atoms with van der Waals surface area (Å²) in [6.07, 6.45) is 1.58. The SMILES string of the molecule is O=C1CC(c2cccc(Cl)c2)CCN1Cc1ccccc1. The minimum Gasteiger partial charge on any atom is -0.338 e. The Hall–Kier alpha value is -1.80. The smallest absolute Gasteiger partial charge is 0.223 e. The first-order chi connectivity index (χ1) is 10.2. The number of amides is 1. The minimum atomic E-state index is 0.232. The van der Waals surface area contributed by atoms with Crippen molar-refractivity contribution in [1.29, 1.82) is 0 Å². The molecule has 1 aliphatic rings. The standard InChI is InChI=1S/C18H18ClNO/c19-17-8-4-7-15(11-17)16-9-10-20(18(21)12-16)13-14-5-2-1-3-6-14/h1-8,11,16H,9-10,12-13H2. The molecule has 1 amide bonds. The maximum absolute atomic E-state index is 12.4. The van der Waals surface area contributed by atoms with Crippen molar-refractivity contribution in [3.8, 4) is 0 Å². The van der Waals surface area contributed by atoms with Gasteiger partial charge in [0.25, 0.3) is 0 Å². The molecule has 0 spiro atoms. The van der Waals surface area contributed by atoms with Crippen molar-refractivity contribution in [3.63, 3.8) is 0 Å². The van der Waals surface area contributed by atoms with Gasteiger partial charge < -0.3 is 4.90 Å². The second kappa shape index (κ2) is 6.31. The molecule has 1 atom stereocenters. The molecule has 2 aromatic rings. The van der Waals surface area contributed by atoms with E-state index in [-0.39, 0.29) is 5.91 Å². The molecular formula is C18H18ClNO. The molecule has 108 valence electrons. The normalized spacial score (nSPS) is 18.8. The van der Waals surface area contributed by atoms with Gasteiger partial charge in [-0.05, 0) is 35.6 Å². The van der Waals surface area contributed by atoms with Gasteiger partial charge in [-0.1, -0.05) is 54.1 Å². The monoisotopic (exact) mass is 299 g/mol. The van der Waals surface area contributed by atoms with Crippen LogP contribution in [0.1, 0.15) is 29.9 Å². The highest BCUT2D eigenvalue weighted by Crippen LogP contribution is 2.30. The third-order valence-corrected chi connectivity index (χ3v) is 4.29. The molecule has 0 N–H and O–H groups in total. The molecule has 0 bridgehead atoms. The minimum absolute atomic E-state index is 0.232. The lowest BCUT2D eigenvalue weighted by molar-refractivity contribution is -0.134. The van der Waals surface area contributed by atoms with E-state index in [4.69, 9.17) is 11.6 Å². The average Bonchev–Trinajstić information content (AvgIpc) is 2.50. The summed E-state index contributed by atoms with van der Waals surface area (Å²) in [5.74, 6) is 0.526. The van der Waals surface area contributed by atoms with E-state index < -0.39 is 0 Å². The van der Waals surface area contributed by atoms with E-state index in [9.17, 15) is 4.79 Å². The van der Waals surface area contributed by atoms with Crippen LogP contribution >= 0.6 is 11.6 Å². The Morgan fingerprint density at radius 3 is 2.62 bits per heavy atom. The third kappa shape index (κ3) is 3.45. The molecule has 2 aromatic carbocycles. The molecular weight excluding hydrogens is 282 g/mol. The Morgan fingerprint density at radius 1 is 1.10 bits per heavy atom. The fourth-order valence-corrected chi connectivity index (χ4v) is 3.09. The van der Waals surface area contributed by atoms with Crippen molar-refractivity contribution in [1.82, 2.24) is 4.90 Å². The maximum atomic E-state index is 12.4. The van der Waals surface area contributed by atoms with E-state index in [2.05, 4.69) is 18.2 Å². The molecule has 0 aliphatic carbocycles. The lowest BCUT2D eigenvalue weighted by atomic mass is 9.89. The van der Waals surface area contributed by atoms with Gasteiger partial charge in [0.2, 0.25) is 5.91 Å². The van der Waals surface area contributed by atoms with Gasteiger partial charge in [-0.15, -0.1) is 0 Å². The van der Waals surface area contributed by atoms with Gasteiger partial charge in [0, 0.05) is 24.5 Å². The zero-order chi connectivity index (χ0) is 14.7. The van der Waals surface area contributed by atoms with Gasteiger partial charge in [-0.3, -0.25) is 4.79 Å². The summed E-state index contributed by atoms with van der Waals surface area (Å²) >= 11 is 6.04. The summed E-state index contributed by atoms with van der Waals surface area (Å²) in [5, 5.41) is 0.742. The number of benzene rings is 2. The number of piperidine rings is 1. The summed E-state index contributed by atoms with van der Waals surface area (Å²) < 4.78 is 0. The zero-order valence-electron chi connectivity index (χ0n) is 11.8. The van der Waals surface area contributed by atoms with Gasteiger partial charge in [0.15, 0.2) is 0 Å². The number of rotatable bonds is 3. The van der Waals surface area contributed by atoms with Gasteiger partial charge >= 0.3 is 0 Å². The molecule has 21 heavy (non-hydrogen) atoms. The largest absolute Gasteiger partial charge is 0.338 e. The van der Waals surface area contributed by atoms with Crippen molar-refractivity contribution in [2.75, 3.05) is 6.54 Å². The number of likely N-dealkylation sites (tertiary alicyclic amines) is 1. The van der Waals surface area contributed by atoms with Crippen molar-refractivity contribution in [2.24, 2.45) is 0 Å². The van der Waals surface area contributed by atoms with Crippen LogP contribution in [0.15, 0.2) is 54.6 Å². The second-order valence-electron chi connectivity index (χ2n) is 5.55. The first-order valence-corrected chi connectivity index (χ1v) is 7.67. The lowest BCUT2D eigenvalue weighted by Crippen LogP contribution is -2.37. The third-order valence-electron chi connectivity index (χ3n) is 4.06. The summed E-state index contributed by atoms with van der Waals surface area (Å²) in [6, 6.07) is 18.0. The molecule has 0 aromatic heterocycles. The number of nitrogens with zero attached hydrogens (tertiary/aromatic N) is 1. The lowest BCUT2D eigenvalue weighted by Gasteiger charge is -2.32. The fourth-order valence-electron chi connectivity index (χ4n) is 2.89. The van der Waals surface area contributed by atoms with Crippen LogP contribution in [0.5, 0.6) is 0 Å². The van der Waals surface area contributed by atoms with Crippen molar-refractivity contribution >= 4 is 17.5 Å². The summed E-state index contributed by atoms with van der Waals surface area (Å²) in [7, 11) is 0. The molecule has 3 rings (SSSR count). The van der Waals surface area contributed by atoms with Crippen LogP contribution in [-0.4, -0.2) is 17.4 Å². The predicted octanol–water partition coefficient (Wildman–Crippen LogP) is 4.25. The van der Waals surface area contributed by atoms with Gasteiger partial charge in [-0.25, -0.2) is 0 Å². The molecule has 0 radical (unpaired) electrons. The van der Waals surface area contributed by atoms with E-state index in [0.29, 0.717) is 18.9 Å². The molecule has 0 saturated carbocycles. The van der Waals surface area contributed by atoms with Gasteiger partial charge in [-0.2, -0.15) is 0 Å². The van der Waals surface area contributed by atoms with Gasteiger partial charge in [0.1, 0.15) is 0 Å². The van der Waals surface area contributed by atoms with E-state index in [1.165, 1.54) is 11.1 Å². The number of hydrogen-bond acceptors (Lipinski definition) is 1. The number of halogens is 1. The molecule has 1 saturated heterocycles. The topological polar surface area (TPSA) is 20.3 Å². The summed E-state index contributed by atoms with van der Waals surface area (Å²) in [5.41, 5.74) is 2.36. The Bertz CT molecular complexity index is 626. The number of carbonyl (C=O) groups is 1. The molecule has 2 nitrogen and oxygen atoms in total. The molecule has 1 aliphatic heterocycles. The van der Waals surface area contributed by atoms with E-state index in [0.717, 1.165) is 18.0 Å². The molecule has 1 unspecified atom stereocenters. The maximum Gasteiger partial charge on any atom is 0.223 e. The van der Waals surface area contributed by atoms with Crippen LogP contribution in [0.4, 0.5) is 0 Å². The van der Waals surface area contributed by atoms with Crippen LogP contribution in [0, 0.1) is 0 Å². The Balaban J connectivity index is 1.66. The molecule has 1 fully saturated rings. The second-order valence-corrected chi connectivity index (χ2v) is 5.98. The summed E-state index contributed by atoms with van der Waals surface area (Å²) in [6.45, 7) is 1.52. The average molecular weight is 300 g/mol. The first-order valence-electron chi connectivity index (χ1n) is 7.29. The van der Waals surface area contributed by atoms with E-state index >= 15 is 0 Å². The predicted molar refractivity (Wildman–Crippen MR) is 85.3 cm³/mol. The Morgan fingerprint density at radius 2 is 1.90 bits per heavy atom. The number of hydrogen-bond donors (Lipinski definition) is 0. The summed E-state index contributed by atoms with van der Waals surface area (Å²) in [4.78, 5) is 14.3. The quantitative estimate of drug-likeness (QED) is 0.830. The van der Waals surface area contributed by atoms with Crippen molar-refractivity contribution in [2.45, 2.75) is 25.3 Å². The fraction of sp³-hybridized carbons (Fsp3) is 0.278. The Kier molecular flexibility index (Phi) is 4.26. The van der Waals surface area contributed by atoms with E-state index in [1.54, 1.807) is 0 Å². The van der Waals surface area contributed by atoms with Crippen molar-refractivity contribution in [3.05, 3.63) is 70.7 Å². The number of carbonyl (C=O) groups excluding carboxylic acids is 1. The highest BCUT2D eigenvalue weighted by molar-refractivity contribution is 6.30. The van der Waals surface area contributed by atoms with Crippen LogP contribution in [0.25, 0.3) is 0 Å². The Labute approximate surface area is 130 Å². The van der Waals surface area contributed by atoms with Crippen LogP contribution in [0.2, 0.25) is 5.02 Å². The highest BCUT2D eigenvalue weighted by Gasteiger charge is 2.26. The van der Waals surface area contributed by atoms with Gasteiger partial charge in [0.05, 0.1) is 0 Å². The van der Waals surface area contributed by atoms with Crippen LogP contribution in [0.3, 0.4) is 0 Å². The highest BCUT2D eigenvalue weighted by atomic mass is 35.5. The van der Waals surface area contributed by atoms with Crippen LogP contribution < -0.4 is 0 Å².